The number of benzene rings is 1. The Morgan fingerprint density at radius 3 is 2.90 bits per heavy atom. The monoisotopic (exact) mass is 410 g/mol. The minimum atomic E-state index is -3.96. The first-order valence-electron chi connectivity index (χ1n) is 9.14. The summed E-state index contributed by atoms with van der Waals surface area (Å²) in [5, 5.41) is 2.57. The van der Waals surface area contributed by atoms with Gasteiger partial charge in [-0.3, -0.25) is 9.52 Å². The molecule has 1 aromatic heterocycles. The summed E-state index contributed by atoms with van der Waals surface area (Å²) in [5.74, 6) is 4.50. The third-order valence-corrected chi connectivity index (χ3v) is 5.36. The van der Waals surface area contributed by atoms with E-state index in [2.05, 4.69) is 44.3 Å². The van der Waals surface area contributed by atoms with Crippen molar-refractivity contribution in [1.82, 2.24) is 4.98 Å². The zero-order chi connectivity index (χ0) is 20.9. The average molecular weight is 410 g/mol. The van der Waals surface area contributed by atoms with Crippen LogP contribution in [0.25, 0.3) is 0 Å². The molecule has 1 amide bonds. The maximum absolute atomic E-state index is 12.4. The van der Waals surface area contributed by atoms with E-state index in [9.17, 15) is 13.2 Å². The van der Waals surface area contributed by atoms with Gasteiger partial charge in [-0.15, -0.1) is 0 Å². The largest absolute Gasteiger partial charge is 0.364 e. The summed E-state index contributed by atoms with van der Waals surface area (Å²) in [7, 11) is -3.96. The Morgan fingerprint density at radius 2 is 2.10 bits per heavy atom. The van der Waals surface area contributed by atoms with Gasteiger partial charge in [0, 0.05) is 35.6 Å². The second-order valence-corrected chi connectivity index (χ2v) is 8.01. The molecule has 7 nitrogen and oxygen atoms in total. The number of fused-ring (bicyclic) bond motifs is 1. The summed E-state index contributed by atoms with van der Waals surface area (Å²) < 4.78 is 31.1. The van der Waals surface area contributed by atoms with E-state index in [0.717, 1.165) is 11.3 Å². The predicted octanol–water partition coefficient (Wildman–Crippen LogP) is 3.55. The van der Waals surface area contributed by atoms with Gasteiger partial charge < -0.3 is 10.3 Å². The number of carbonyl (C=O) groups is 1. The molecule has 0 aliphatic heterocycles. The molecule has 1 heterocycles. The minimum absolute atomic E-state index is 0.132. The molecule has 2 aromatic rings. The number of nitrogens with zero attached hydrogens (tertiary/aromatic N) is 1. The van der Waals surface area contributed by atoms with Crippen LogP contribution in [0.2, 0.25) is 0 Å². The smallest absolute Gasteiger partial charge is 0.341 e. The Hall–Kier alpha value is -3.31. The molecule has 3 rings (SSSR count). The topological polar surface area (TPSA) is 103 Å². The van der Waals surface area contributed by atoms with Crippen LogP contribution in [-0.4, -0.2) is 25.5 Å². The minimum Gasteiger partial charge on any atom is -0.364 e. The van der Waals surface area contributed by atoms with Gasteiger partial charge in [-0.1, -0.05) is 31.1 Å². The van der Waals surface area contributed by atoms with Crippen molar-refractivity contribution in [2.24, 2.45) is 4.40 Å². The van der Waals surface area contributed by atoms with Crippen molar-refractivity contribution >= 4 is 33.7 Å². The fourth-order valence-electron chi connectivity index (χ4n) is 3.17. The molecule has 29 heavy (non-hydrogen) atoms. The van der Waals surface area contributed by atoms with E-state index in [1.165, 1.54) is 12.3 Å². The number of rotatable bonds is 5. The molecular weight excluding hydrogens is 388 g/mol. The molecule has 150 valence electrons. The highest BCUT2D eigenvalue weighted by Crippen LogP contribution is 2.31. The van der Waals surface area contributed by atoms with Crippen molar-refractivity contribution in [3.8, 4) is 11.8 Å². The number of aromatic nitrogens is 1. The Bertz CT molecular complexity index is 1120. The summed E-state index contributed by atoms with van der Waals surface area (Å²) in [6, 6.07) is 8.31. The van der Waals surface area contributed by atoms with Crippen molar-refractivity contribution in [3.05, 3.63) is 59.9 Å². The summed E-state index contributed by atoms with van der Waals surface area (Å²) in [4.78, 5) is 14.8. The third kappa shape index (κ3) is 5.36. The highest BCUT2D eigenvalue weighted by Gasteiger charge is 2.20. The van der Waals surface area contributed by atoms with E-state index < -0.39 is 16.1 Å². The number of carbonyl (C=O) groups excluding carboxylic acids is 1. The molecule has 0 radical (unpaired) electrons. The number of anilines is 2. The van der Waals surface area contributed by atoms with Crippen molar-refractivity contribution < 1.29 is 13.2 Å². The van der Waals surface area contributed by atoms with Crippen LogP contribution < -0.4 is 10.0 Å². The normalized spacial score (nSPS) is 18.4. The Morgan fingerprint density at radius 1 is 1.31 bits per heavy atom. The Kier molecular flexibility index (Phi) is 6.20. The molecule has 3 N–H and O–H groups in total. The standard InChI is InChI=1S/C21H22N4O3S/c1-3-6-20(26)24-17-9-5-10-18(13-17)25-29(27,28)23-14-16-8-4-7-15(2)21-19(16)11-12-22-21/h4-5,7,9-16,22,25H,8H2,1-2H3,(H,24,26). The number of hydrogen-bond acceptors (Lipinski definition) is 3. The van der Waals surface area contributed by atoms with Crippen LogP contribution in [0.5, 0.6) is 0 Å². The molecule has 1 aliphatic rings. The van der Waals surface area contributed by atoms with Gasteiger partial charge in [-0.2, -0.15) is 12.8 Å². The number of allylic oxidation sites excluding steroid dienone is 2. The van der Waals surface area contributed by atoms with Crippen LogP contribution in [0.1, 0.15) is 43.4 Å². The van der Waals surface area contributed by atoms with Crippen LogP contribution in [0.4, 0.5) is 11.4 Å². The Labute approximate surface area is 170 Å². The maximum Gasteiger partial charge on any atom is 0.341 e. The first kappa shape index (κ1) is 20.4. The SMILES string of the molecule is CC#CC(=O)Nc1cccc(NS(=O)(=O)N=CC2CC=CC(C)c3[nH]ccc32)c1. The van der Waals surface area contributed by atoms with E-state index in [1.54, 1.807) is 25.1 Å². The van der Waals surface area contributed by atoms with Crippen molar-refractivity contribution in [1.29, 1.82) is 0 Å². The lowest BCUT2D eigenvalue weighted by atomic mass is 9.96. The number of aromatic amines is 1. The zero-order valence-corrected chi connectivity index (χ0v) is 17.0. The lowest BCUT2D eigenvalue weighted by Gasteiger charge is -2.11. The summed E-state index contributed by atoms with van der Waals surface area (Å²) in [5.41, 5.74) is 2.84. The molecule has 0 saturated carbocycles. The second kappa shape index (κ2) is 8.80. The number of hydrogen-bond donors (Lipinski definition) is 3. The second-order valence-electron chi connectivity index (χ2n) is 6.65. The number of H-pyrrole nitrogens is 1. The molecule has 2 unspecified atom stereocenters. The van der Waals surface area contributed by atoms with E-state index >= 15 is 0 Å². The molecule has 0 fully saturated rings. The molecule has 2 atom stereocenters. The molecule has 0 spiro atoms. The van der Waals surface area contributed by atoms with Gasteiger partial charge in [0.05, 0.1) is 5.69 Å². The summed E-state index contributed by atoms with van der Waals surface area (Å²) >= 11 is 0. The fraction of sp³-hybridized carbons (Fsp3) is 0.238. The summed E-state index contributed by atoms with van der Waals surface area (Å²) in [6.45, 7) is 3.64. The van der Waals surface area contributed by atoms with Crippen molar-refractivity contribution in [2.75, 3.05) is 10.0 Å². The van der Waals surface area contributed by atoms with E-state index in [1.807, 2.05) is 18.3 Å². The number of amides is 1. The lowest BCUT2D eigenvalue weighted by molar-refractivity contribution is -0.111. The quantitative estimate of drug-likeness (QED) is 0.399. The van der Waals surface area contributed by atoms with E-state index in [-0.39, 0.29) is 11.8 Å². The van der Waals surface area contributed by atoms with Gasteiger partial charge in [0.15, 0.2) is 0 Å². The molecule has 1 aromatic carbocycles. The van der Waals surface area contributed by atoms with Crippen LogP contribution in [-0.2, 0) is 15.0 Å². The molecular formula is C21H22N4O3S. The van der Waals surface area contributed by atoms with E-state index in [4.69, 9.17) is 0 Å². The van der Waals surface area contributed by atoms with Gasteiger partial charge in [0.1, 0.15) is 0 Å². The first-order chi connectivity index (χ1) is 13.9. The van der Waals surface area contributed by atoms with Crippen molar-refractivity contribution in [3.63, 3.8) is 0 Å². The fourth-order valence-corrected chi connectivity index (χ4v) is 3.96. The zero-order valence-electron chi connectivity index (χ0n) is 16.1. The van der Waals surface area contributed by atoms with Gasteiger partial charge in [0.25, 0.3) is 5.91 Å². The number of nitrogens with one attached hydrogen (secondary N) is 3. The van der Waals surface area contributed by atoms with Crippen LogP contribution >= 0.6 is 0 Å². The summed E-state index contributed by atoms with van der Waals surface area (Å²) in [6.07, 6.45) is 8.13. The van der Waals surface area contributed by atoms with Gasteiger partial charge >= 0.3 is 10.2 Å². The third-order valence-electron chi connectivity index (χ3n) is 4.47. The molecule has 1 aliphatic carbocycles. The van der Waals surface area contributed by atoms with Crippen LogP contribution in [0, 0.1) is 11.8 Å². The lowest BCUT2D eigenvalue weighted by Crippen LogP contribution is -2.12. The van der Waals surface area contributed by atoms with Gasteiger partial charge in [-0.25, -0.2) is 0 Å². The molecule has 8 heteroatoms. The maximum atomic E-state index is 12.4. The van der Waals surface area contributed by atoms with Crippen molar-refractivity contribution in [2.45, 2.75) is 32.1 Å². The first-order valence-corrected chi connectivity index (χ1v) is 10.6. The van der Waals surface area contributed by atoms with E-state index in [0.29, 0.717) is 17.8 Å². The average Bonchev–Trinajstić information content (AvgIpc) is 3.09. The van der Waals surface area contributed by atoms with Gasteiger partial charge in [-0.05, 0) is 49.1 Å². The van der Waals surface area contributed by atoms with Crippen LogP contribution in [0.3, 0.4) is 0 Å². The van der Waals surface area contributed by atoms with Crippen LogP contribution in [0.15, 0.2) is 53.1 Å². The van der Waals surface area contributed by atoms with Gasteiger partial charge in [0.2, 0.25) is 0 Å². The highest BCUT2D eigenvalue weighted by molar-refractivity contribution is 7.91. The predicted molar refractivity (Wildman–Crippen MR) is 115 cm³/mol. The Balaban J connectivity index is 1.74. The molecule has 0 saturated heterocycles. The highest BCUT2D eigenvalue weighted by atomic mass is 32.2. The molecule has 0 bridgehead atoms.